The molecule has 252 valence electrons. The Balaban J connectivity index is 4.68. The van der Waals surface area contributed by atoms with Crippen LogP contribution in [-0.2, 0) is 37.5 Å². The van der Waals surface area contributed by atoms with Crippen molar-refractivity contribution >= 4 is 25.7 Å². The highest BCUT2D eigenvalue weighted by atomic mass is 31.2. The summed E-state index contributed by atoms with van der Waals surface area (Å²) in [6.07, 6.45) is 27.0. The first-order valence-corrected chi connectivity index (χ1v) is 17.2. The third-order valence-corrected chi connectivity index (χ3v) is 7.04. The molecule has 0 aliphatic rings. The van der Waals surface area contributed by atoms with E-state index in [2.05, 4.69) is 23.6 Å². The molecule has 11 nitrogen and oxygen atoms in total. The Morgan fingerprint density at radius 1 is 0.727 bits per heavy atom. The summed E-state index contributed by atoms with van der Waals surface area (Å²) in [4.78, 5) is 45.2. The predicted octanol–water partition coefficient (Wildman–Crippen LogP) is 6.71. The molecule has 0 aromatic rings. The van der Waals surface area contributed by atoms with Gasteiger partial charge in [0.2, 0.25) is 0 Å². The molecule has 0 saturated heterocycles. The number of hydrogen-bond acceptors (Lipinski definition) is 9. The Bertz CT molecular complexity index is 947. The lowest BCUT2D eigenvalue weighted by atomic mass is 10.1. The second-order valence-electron chi connectivity index (χ2n) is 10.2. The van der Waals surface area contributed by atoms with Crippen molar-refractivity contribution in [3.63, 3.8) is 0 Å². The molecule has 0 aromatic heterocycles. The second kappa shape index (κ2) is 28.0. The SMILES string of the molecule is CC/C=C/C/C=C/CCC(=O)OCC(COP(=O)(O)OC[C@H](N)C(=O)O)OC(=O)CC/C=C/C/C=C/CCCCCCCC. The van der Waals surface area contributed by atoms with E-state index in [9.17, 15) is 23.8 Å². The number of allylic oxidation sites excluding steroid dienone is 8. The predicted molar refractivity (Wildman–Crippen MR) is 171 cm³/mol. The molecule has 0 aromatic carbocycles. The van der Waals surface area contributed by atoms with Gasteiger partial charge in [0.05, 0.1) is 13.2 Å². The molecule has 0 saturated carbocycles. The van der Waals surface area contributed by atoms with Crippen molar-refractivity contribution in [1.82, 2.24) is 0 Å². The third-order valence-electron chi connectivity index (χ3n) is 6.09. The van der Waals surface area contributed by atoms with Gasteiger partial charge in [-0.3, -0.25) is 23.4 Å². The number of carbonyl (C=O) groups is 3. The van der Waals surface area contributed by atoms with Crippen LogP contribution in [0.25, 0.3) is 0 Å². The number of carboxylic acids is 1. The summed E-state index contributed by atoms with van der Waals surface area (Å²) in [6, 6.07) is -1.53. The van der Waals surface area contributed by atoms with Crippen molar-refractivity contribution in [3.05, 3.63) is 48.6 Å². The minimum Gasteiger partial charge on any atom is -0.480 e. The maximum atomic E-state index is 12.4. The fraction of sp³-hybridized carbons (Fsp3) is 0.656. The minimum absolute atomic E-state index is 0.0421. The number of aliphatic carboxylic acids is 1. The third kappa shape index (κ3) is 27.0. The molecule has 0 radical (unpaired) electrons. The fourth-order valence-corrected chi connectivity index (χ4v) is 4.36. The van der Waals surface area contributed by atoms with Crippen molar-refractivity contribution in [3.8, 4) is 0 Å². The Morgan fingerprint density at radius 3 is 1.89 bits per heavy atom. The topological polar surface area (TPSA) is 172 Å². The number of nitrogens with two attached hydrogens (primary N) is 1. The summed E-state index contributed by atoms with van der Waals surface area (Å²) in [6.45, 7) is 2.45. The molecule has 0 bridgehead atoms. The van der Waals surface area contributed by atoms with E-state index >= 15 is 0 Å². The summed E-state index contributed by atoms with van der Waals surface area (Å²) in [7, 11) is -4.72. The number of carbonyl (C=O) groups excluding carboxylic acids is 2. The lowest BCUT2D eigenvalue weighted by Crippen LogP contribution is -2.34. The van der Waals surface area contributed by atoms with Gasteiger partial charge in [-0.2, -0.15) is 0 Å². The largest absolute Gasteiger partial charge is 0.480 e. The first kappa shape index (κ1) is 41.4. The molecule has 12 heteroatoms. The number of rotatable bonds is 28. The molecule has 2 unspecified atom stereocenters. The number of phosphoric acid groups is 1. The van der Waals surface area contributed by atoms with Crippen LogP contribution in [0.3, 0.4) is 0 Å². The van der Waals surface area contributed by atoms with Crippen LogP contribution < -0.4 is 5.73 Å². The van der Waals surface area contributed by atoms with E-state index < -0.39 is 57.7 Å². The van der Waals surface area contributed by atoms with Gasteiger partial charge >= 0.3 is 25.7 Å². The monoisotopic (exact) mass is 643 g/mol. The molecule has 0 aliphatic heterocycles. The lowest BCUT2D eigenvalue weighted by molar-refractivity contribution is -0.161. The Labute approximate surface area is 263 Å². The van der Waals surface area contributed by atoms with E-state index in [1.165, 1.54) is 38.5 Å². The van der Waals surface area contributed by atoms with Crippen LogP contribution in [0.5, 0.6) is 0 Å². The molecular weight excluding hydrogens is 589 g/mol. The summed E-state index contributed by atoms with van der Waals surface area (Å²) >= 11 is 0. The van der Waals surface area contributed by atoms with Crippen molar-refractivity contribution in [2.75, 3.05) is 19.8 Å². The van der Waals surface area contributed by atoms with Gasteiger partial charge in [0.1, 0.15) is 12.6 Å². The van der Waals surface area contributed by atoms with Crippen LogP contribution in [0.15, 0.2) is 48.6 Å². The van der Waals surface area contributed by atoms with Crippen LogP contribution in [0.2, 0.25) is 0 Å². The number of esters is 2. The molecular formula is C32H54NO10P. The van der Waals surface area contributed by atoms with Crippen LogP contribution in [0.4, 0.5) is 0 Å². The van der Waals surface area contributed by atoms with E-state index in [0.29, 0.717) is 12.8 Å². The van der Waals surface area contributed by atoms with Crippen LogP contribution in [-0.4, -0.2) is 59.9 Å². The Hall–Kier alpha value is -2.56. The Morgan fingerprint density at radius 2 is 1.27 bits per heavy atom. The molecule has 0 aliphatic carbocycles. The van der Waals surface area contributed by atoms with Crippen LogP contribution in [0, 0.1) is 0 Å². The average Bonchev–Trinajstić information content (AvgIpc) is 2.99. The molecule has 4 N–H and O–H groups in total. The summed E-state index contributed by atoms with van der Waals surface area (Å²) in [5.41, 5.74) is 5.27. The molecule has 0 fully saturated rings. The quantitative estimate of drug-likeness (QED) is 0.0358. The van der Waals surface area contributed by atoms with Gasteiger partial charge in [-0.15, -0.1) is 0 Å². The van der Waals surface area contributed by atoms with Gasteiger partial charge < -0.3 is 25.2 Å². The molecule has 0 rings (SSSR count). The second-order valence-corrected chi connectivity index (χ2v) is 11.7. The Kier molecular flexibility index (Phi) is 26.3. The van der Waals surface area contributed by atoms with Gasteiger partial charge in [-0.25, -0.2) is 4.57 Å². The molecule has 0 heterocycles. The molecule has 3 atom stereocenters. The van der Waals surface area contributed by atoms with Crippen LogP contribution in [0.1, 0.15) is 104 Å². The number of phosphoric ester groups is 1. The standard InChI is InChI=1S/C32H54NO10P/c1-3-5-7-9-11-12-13-14-15-16-18-20-22-24-31(35)43-28(26-41-44(38,39)42-27-29(33)32(36)37)25-40-30(34)23-21-19-17-10-8-6-4-2/h6,8,14-15,17-20,28-29H,3-5,7,9-13,16,21-27,33H2,1-2H3,(H,36,37)(H,38,39)/b8-6+,15-14+,19-17+,20-18+/t28?,29-/m0/s1. The highest BCUT2D eigenvalue weighted by Gasteiger charge is 2.28. The summed E-state index contributed by atoms with van der Waals surface area (Å²) < 4.78 is 32.1. The summed E-state index contributed by atoms with van der Waals surface area (Å²) in [5.74, 6) is -2.57. The molecule has 44 heavy (non-hydrogen) atoms. The van der Waals surface area contributed by atoms with Crippen molar-refractivity contribution in [2.24, 2.45) is 5.73 Å². The number of hydrogen-bond donors (Lipinski definition) is 3. The zero-order valence-electron chi connectivity index (χ0n) is 26.5. The van der Waals surface area contributed by atoms with Gasteiger partial charge in [-0.1, -0.05) is 94.6 Å². The van der Waals surface area contributed by atoms with E-state index in [-0.39, 0.29) is 12.8 Å². The fourth-order valence-electron chi connectivity index (χ4n) is 3.59. The normalized spacial score (nSPS) is 14.8. The molecule has 0 amide bonds. The van der Waals surface area contributed by atoms with Crippen molar-refractivity contribution in [2.45, 2.75) is 116 Å². The summed E-state index contributed by atoms with van der Waals surface area (Å²) in [5, 5.41) is 8.80. The lowest BCUT2D eigenvalue weighted by Gasteiger charge is -2.20. The van der Waals surface area contributed by atoms with Gasteiger partial charge in [-0.05, 0) is 44.9 Å². The zero-order chi connectivity index (χ0) is 32.9. The minimum atomic E-state index is -4.72. The molecule has 0 spiro atoms. The maximum absolute atomic E-state index is 12.4. The van der Waals surface area contributed by atoms with E-state index in [4.69, 9.17) is 24.8 Å². The zero-order valence-corrected chi connectivity index (χ0v) is 27.4. The van der Waals surface area contributed by atoms with Gasteiger partial charge in [0.25, 0.3) is 0 Å². The van der Waals surface area contributed by atoms with Crippen molar-refractivity contribution < 1.29 is 47.5 Å². The van der Waals surface area contributed by atoms with Crippen molar-refractivity contribution in [1.29, 1.82) is 0 Å². The number of ether oxygens (including phenoxy) is 2. The maximum Gasteiger partial charge on any atom is 0.472 e. The number of unbranched alkanes of at least 4 members (excludes halogenated alkanes) is 6. The van der Waals surface area contributed by atoms with E-state index in [0.717, 1.165) is 25.7 Å². The highest BCUT2D eigenvalue weighted by molar-refractivity contribution is 7.47. The van der Waals surface area contributed by atoms with Crippen LogP contribution >= 0.6 is 7.82 Å². The van der Waals surface area contributed by atoms with E-state index in [1.807, 2.05) is 43.4 Å². The van der Waals surface area contributed by atoms with Gasteiger partial charge in [0.15, 0.2) is 6.10 Å². The highest BCUT2D eigenvalue weighted by Crippen LogP contribution is 2.43. The number of carboxylic acid groups (broad SMARTS) is 1. The van der Waals surface area contributed by atoms with Gasteiger partial charge in [0, 0.05) is 12.8 Å². The average molecular weight is 644 g/mol. The first-order valence-electron chi connectivity index (χ1n) is 15.7. The smallest absolute Gasteiger partial charge is 0.472 e. The first-order chi connectivity index (χ1) is 21.1. The van der Waals surface area contributed by atoms with E-state index in [1.54, 1.807) is 0 Å².